The minimum Gasteiger partial charge on any atom is -0.491 e. The summed E-state index contributed by atoms with van der Waals surface area (Å²) in [4.78, 5) is 16.0. The molecule has 4 rings (SSSR count). The first kappa shape index (κ1) is 20.7. The van der Waals surface area contributed by atoms with Crippen LogP contribution < -0.4 is 4.74 Å². The molecule has 1 atom stereocenters. The molecule has 0 bridgehead atoms. The molecule has 6 nitrogen and oxygen atoms in total. The normalized spacial score (nSPS) is 16.2. The van der Waals surface area contributed by atoms with Crippen LogP contribution in [0.25, 0.3) is 0 Å². The maximum Gasteiger partial charge on any atom is 0.257 e. The summed E-state index contributed by atoms with van der Waals surface area (Å²) in [5, 5.41) is 8.78. The monoisotopic (exact) mass is 443 g/mol. The molecule has 0 fully saturated rings. The third kappa shape index (κ3) is 4.75. The highest BCUT2D eigenvalue weighted by atomic mass is 35.5. The van der Waals surface area contributed by atoms with Crippen molar-refractivity contribution in [3.63, 3.8) is 0 Å². The molecule has 1 aliphatic rings. The third-order valence-electron chi connectivity index (χ3n) is 4.82. The Bertz CT molecular complexity index is 1000. The molecule has 1 aromatic carbocycles. The number of carbonyl (C=O) groups is 1. The Morgan fingerprint density at radius 2 is 2.17 bits per heavy atom. The molecule has 0 aliphatic carbocycles. The van der Waals surface area contributed by atoms with Crippen LogP contribution in [0.4, 0.5) is 0 Å². The van der Waals surface area contributed by atoms with Crippen molar-refractivity contribution in [2.24, 2.45) is 5.10 Å². The number of likely N-dealkylation sites (N-methyl/N-ethyl adjacent to an activating group) is 1. The minimum absolute atomic E-state index is 0.0804. The van der Waals surface area contributed by atoms with E-state index in [1.165, 1.54) is 0 Å². The van der Waals surface area contributed by atoms with Crippen molar-refractivity contribution in [3.05, 3.63) is 75.8 Å². The average Bonchev–Trinajstić information content (AvgIpc) is 3.49. The second kappa shape index (κ2) is 9.47. The molecule has 0 radical (unpaired) electrons. The van der Waals surface area contributed by atoms with Crippen molar-refractivity contribution in [2.45, 2.75) is 12.5 Å². The van der Waals surface area contributed by atoms with Gasteiger partial charge in [-0.15, -0.1) is 11.3 Å². The maximum absolute atomic E-state index is 13.0. The predicted octanol–water partition coefficient (Wildman–Crippen LogP) is 4.68. The fourth-order valence-electron chi connectivity index (χ4n) is 3.29. The summed E-state index contributed by atoms with van der Waals surface area (Å²) in [6.45, 7) is 1.24. The largest absolute Gasteiger partial charge is 0.491 e. The second-order valence-corrected chi connectivity index (χ2v) is 8.37. The summed E-state index contributed by atoms with van der Waals surface area (Å²) in [7, 11) is 1.88. The van der Waals surface area contributed by atoms with E-state index in [1.807, 2.05) is 59.8 Å². The first-order valence-corrected chi connectivity index (χ1v) is 10.9. The Balaban J connectivity index is 1.38. The van der Waals surface area contributed by atoms with E-state index in [0.717, 1.165) is 16.3 Å². The van der Waals surface area contributed by atoms with Crippen LogP contribution >= 0.6 is 22.9 Å². The summed E-state index contributed by atoms with van der Waals surface area (Å²) in [5.41, 5.74) is 0.907. The zero-order valence-electron chi connectivity index (χ0n) is 16.5. The number of hydrogen-bond acceptors (Lipinski definition) is 6. The van der Waals surface area contributed by atoms with E-state index in [2.05, 4.69) is 5.10 Å². The lowest BCUT2D eigenvalue weighted by atomic mass is 10.1. The topological polar surface area (TPSA) is 58.3 Å². The van der Waals surface area contributed by atoms with Crippen LogP contribution in [-0.2, 0) is 4.79 Å². The van der Waals surface area contributed by atoms with E-state index >= 15 is 0 Å². The highest BCUT2D eigenvalue weighted by Gasteiger charge is 2.35. The number of ether oxygens (including phenoxy) is 1. The van der Waals surface area contributed by atoms with Crippen LogP contribution in [0.15, 0.2) is 69.7 Å². The average molecular weight is 444 g/mol. The van der Waals surface area contributed by atoms with E-state index < -0.39 is 0 Å². The van der Waals surface area contributed by atoms with Crippen LogP contribution in [0.1, 0.15) is 23.1 Å². The first-order chi connectivity index (χ1) is 14.6. The van der Waals surface area contributed by atoms with E-state index in [9.17, 15) is 4.79 Å². The van der Waals surface area contributed by atoms with Gasteiger partial charge in [0.15, 0.2) is 0 Å². The summed E-state index contributed by atoms with van der Waals surface area (Å²) in [5.74, 6) is 1.30. The number of para-hydroxylation sites is 1. The Hall–Kier alpha value is -2.61. The molecule has 1 aliphatic heterocycles. The van der Waals surface area contributed by atoms with Gasteiger partial charge in [0.05, 0.1) is 28.4 Å². The molecule has 1 unspecified atom stereocenters. The van der Waals surface area contributed by atoms with E-state index in [-0.39, 0.29) is 18.5 Å². The lowest BCUT2D eigenvalue weighted by molar-refractivity contribution is -0.134. The highest BCUT2D eigenvalue weighted by Crippen LogP contribution is 2.34. The number of nitrogens with zero attached hydrogens (tertiary/aromatic N) is 3. The summed E-state index contributed by atoms with van der Waals surface area (Å²) < 4.78 is 11.3. The van der Waals surface area contributed by atoms with Gasteiger partial charge in [-0.3, -0.25) is 9.69 Å². The number of rotatable bonds is 8. The summed E-state index contributed by atoms with van der Waals surface area (Å²) in [6, 6.07) is 14.9. The first-order valence-electron chi connectivity index (χ1n) is 9.64. The zero-order valence-corrected chi connectivity index (χ0v) is 18.1. The lowest BCUT2D eigenvalue weighted by Crippen LogP contribution is -2.37. The second-order valence-electron chi connectivity index (χ2n) is 7.01. The van der Waals surface area contributed by atoms with Gasteiger partial charge in [-0.05, 0) is 42.8 Å². The summed E-state index contributed by atoms with van der Waals surface area (Å²) in [6.07, 6.45) is 2.26. The number of halogens is 1. The highest BCUT2D eigenvalue weighted by molar-refractivity contribution is 7.12. The number of amides is 1. The number of hydrazone groups is 1. The molecule has 30 heavy (non-hydrogen) atoms. The molecule has 2 aromatic heterocycles. The lowest BCUT2D eigenvalue weighted by Gasteiger charge is -2.23. The van der Waals surface area contributed by atoms with Gasteiger partial charge in [-0.25, -0.2) is 5.01 Å². The molecule has 8 heteroatoms. The van der Waals surface area contributed by atoms with Crippen LogP contribution in [-0.4, -0.2) is 48.3 Å². The van der Waals surface area contributed by atoms with Crippen molar-refractivity contribution < 1.29 is 13.9 Å². The molecule has 0 saturated carbocycles. The quantitative estimate of drug-likeness (QED) is 0.507. The van der Waals surface area contributed by atoms with Crippen molar-refractivity contribution >= 4 is 34.6 Å². The Morgan fingerprint density at radius 1 is 1.30 bits per heavy atom. The smallest absolute Gasteiger partial charge is 0.257 e. The van der Waals surface area contributed by atoms with Gasteiger partial charge in [-0.2, -0.15) is 5.10 Å². The third-order valence-corrected chi connectivity index (χ3v) is 6.05. The molecule has 3 heterocycles. The SMILES string of the molecule is CN(CCOc1ccccc1Cl)CC(=O)N1N=C(c2cccs2)CC1c1ccco1. The Labute approximate surface area is 184 Å². The number of furan rings is 1. The van der Waals surface area contributed by atoms with Crippen LogP contribution in [0, 0.1) is 0 Å². The van der Waals surface area contributed by atoms with Crippen molar-refractivity contribution in [1.82, 2.24) is 9.91 Å². The van der Waals surface area contributed by atoms with E-state index in [0.29, 0.717) is 30.3 Å². The summed E-state index contributed by atoms with van der Waals surface area (Å²) >= 11 is 7.73. The van der Waals surface area contributed by atoms with Crippen LogP contribution in [0.2, 0.25) is 5.02 Å². The molecule has 0 saturated heterocycles. The maximum atomic E-state index is 13.0. The predicted molar refractivity (Wildman–Crippen MR) is 118 cm³/mol. The van der Waals surface area contributed by atoms with Gasteiger partial charge in [0, 0.05) is 13.0 Å². The van der Waals surface area contributed by atoms with Gasteiger partial charge in [0.1, 0.15) is 24.2 Å². The fraction of sp³-hybridized carbons (Fsp3) is 0.273. The Morgan fingerprint density at radius 3 is 2.90 bits per heavy atom. The molecular weight excluding hydrogens is 422 g/mol. The van der Waals surface area contributed by atoms with Gasteiger partial charge in [0.2, 0.25) is 0 Å². The zero-order chi connectivity index (χ0) is 20.9. The number of carbonyl (C=O) groups excluding carboxylic acids is 1. The molecule has 3 aromatic rings. The standard InChI is InChI=1S/C22H22ClN3O3S/c1-25(10-12-29-19-7-3-2-6-16(19)23)15-22(27)26-18(20-8-4-11-28-20)14-17(24-26)21-9-5-13-30-21/h2-9,11,13,18H,10,12,14-15H2,1H3. The van der Waals surface area contributed by atoms with Gasteiger partial charge < -0.3 is 9.15 Å². The van der Waals surface area contributed by atoms with Gasteiger partial charge in [-0.1, -0.05) is 29.8 Å². The number of benzene rings is 1. The van der Waals surface area contributed by atoms with Crippen molar-refractivity contribution in [2.75, 3.05) is 26.7 Å². The fourth-order valence-corrected chi connectivity index (χ4v) is 4.20. The number of thiophene rings is 1. The van der Waals surface area contributed by atoms with Crippen molar-refractivity contribution in [1.29, 1.82) is 0 Å². The molecule has 1 amide bonds. The van der Waals surface area contributed by atoms with Crippen molar-refractivity contribution in [3.8, 4) is 5.75 Å². The molecule has 0 spiro atoms. The number of hydrogen-bond donors (Lipinski definition) is 0. The van der Waals surface area contributed by atoms with Gasteiger partial charge in [0.25, 0.3) is 5.91 Å². The van der Waals surface area contributed by atoms with E-state index in [4.69, 9.17) is 20.8 Å². The Kier molecular flexibility index (Phi) is 6.52. The molecular formula is C22H22ClN3O3S. The van der Waals surface area contributed by atoms with Gasteiger partial charge >= 0.3 is 0 Å². The molecule has 156 valence electrons. The minimum atomic E-state index is -0.225. The van der Waals surface area contributed by atoms with Crippen LogP contribution in [0.5, 0.6) is 5.75 Å². The van der Waals surface area contributed by atoms with Crippen LogP contribution in [0.3, 0.4) is 0 Å². The van der Waals surface area contributed by atoms with E-state index in [1.54, 1.807) is 28.7 Å². The molecule has 0 N–H and O–H groups in total.